The van der Waals surface area contributed by atoms with Gasteiger partial charge in [0.2, 0.25) is 0 Å². The van der Waals surface area contributed by atoms with Crippen LogP contribution in [-0.2, 0) is 0 Å². The molecule has 76 valence electrons. The first-order chi connectivity index (χ1) is 6.75. The lowest BCUT2D eigenvalue weighted by atomic mass is 10.00. The van der Waals surface area contributed by atoms with Crippen LogP contribution in [0.5, 0.6) is 0 Å². The zero-order valence-corrected chi connectivity index (χ0v) is 9.30. The highest BCUT2D eigenvalue weighted by molar-refractivity contribution is 6.30. The first-order valence-corrected chi connectivity index (χ1v) is 5.64. The largest absolute Gasteiger partial charge is 0.371 e. The Morgan fingerprint density at radius 2 is 2.00 bits per heavy atom. The van der Waals surface area contributed by atoms with E-state index in [-0.39, 0.29) is 0 Å². The lowest BCUT2D eigenvalue weighted by Gasteiger charge is -2.32. The number of anilines is 1. The molecule has 1 fully saturated rings. The summed E-state index contributed by atoms with van der Waals surface area (Å²) < 4.78 is 0. The first-order valence-electron chi connectivity index (χ1n) is 5.26. The van der Waals surface area contributed by atoms with Crippen molar-refractivity contribution in [3.05, 3.63) is 29.3 Å². The zero-order valence-electron chi connectivity index (χ0n) is 8.54. The first kappa shape index (κ1) is 9.85. The van der Waals surface area contributed by atoms with Crippen LogP contribution < -0.4 is 4.90 Å². The summed E-state index contributed by atoms with van der Waals surface area (Å²) in [7, 11) is 0. The maximum absolute atomic E-state index is 5.86. The van der Waals surface area contributed by atoms with Gasteiger partial charge in [0.25, 0.3) is 0 Å². The molecule has 1 atom stereocenters. The van der Waals surface area contributed by atoms with Crippen LogP contribution in [0.3, 0.4) is 0 Å². The van der Waals surface area contributed by atoms with Crippen molar-refractivity contribution < 1.29 is 0 Å². The second kappa shape index (κ2) is 4.22. The van der Waals surface area contributed by atoms with Crippen LogP contribution in [0.2, 0.25) is 5.02 Å². The van der Waals surface area contributed by atoms with Gasteiger partial charge in [-0.25, -0.2) is 0 Å². The van der Waals surface area contributed by atoms with Gasteiger partial charge in [0.15, 0.2) is 0 Å². The van der Waals surface area contributed by atoms with E-state index in [2.05, 4.69) is 24.0 Å². The molecule has 1 unspecified atom stereocenters. The van der Waals surface area contributed by atoms with Crippen molar-refractivity contribution >= 4 is 17.3 Å². The van der Waals surface area contributed by atoms with Gasteiger partial charge in [-0.1, -0.05) is 18.5 Å². The van der Waals surface area contributed by atoms with Crippen LogP contribution in [0, 0.1) is 5.92 Å². The molecule has 1 aliphatic rings. The fourth-order valence-electron chi connectivity index (χ4n) is 2.08. The van der Waals surface area contributed by atoms with Gasteiger partial charge in [0.05, 0.1) is 0 Å². The van der Waals surface area contributed by atoms with Gasteiger partial charge in [0.1, 0.15) is 0 Å². The van der Waals surface area contributed by atoms with Gasteiger partial charge in [-0.2, -0.15) is 0 Å². The summed E-state index contributed by atoms with van der Waals surface area (Å²) in [5.41, 5.74) is 1.31. The Bertz CT molecular complexity index is 294. The SMILES string of the molecule is CC1CCCN(c2ccc(Cl)cc2)C1. The average molecular weight is 210 g/mol. The predicted octanol–water partition coefficient (Wildman–Crippen LogP) is 3.58. The Morgan fingerprint density at radius 1 is 1.29 bits per heavy atom. The van der Waals surface area contributed by atoms with Crippen molar-refractivity contribution in [3.63, 3.8) is 0 Å². The van der Waals surface area contributed by atoms with Crippen LogP contribution in [-0.4, -0.2) is 13.1 Å². The van der Waals surface area contributed by atoms with E-state index in [4.69, 9.17) is 11.6 Å². The van der Waals surface area contributed by atoms with Gasteiger partial charge >= 0.3 is 0 Å². The van der Waals surface area contributed by atoms with Crippen LogP contribution in [0.1, 0.15) is 19.8 Å². The van der Waals surface area contributed by atoms with Gasteiger partial charge in [-0.05, 0) is 43.0 Å². The van der Waals surface area contributed by atoms with Crippen LogP contribution in [0.25, 0.3) is 0 Å². The second-order valence-corrected chi connectivity index (χ2v) is 4.61. The molecule has 14 heavy (non-hydrogen) atoms. The Kier molecular flexibility index (Phi) is 2.97. The molecule has 0 spiro atoms. The van der Waals surface area contributed by atoms with Crippen LogP contribution >= 0.6 is 11.6 Å². The van der Waals surface area contributed by atoms with Crippen molar-refractivity contribution in [1.29, 1.82) is 0 Å². The predicted molar refractivity (Wildman–Crippen MR) is 62.1 cm³/mol. The molecule has 1 saturated heterocycles. The van der Waals surface area contributed by atoms with Gasteiger partial charge < -0.3 is 4.90 Å². The Morgan fingerprint density at radius 3 is 2.64 bits per heavy atom. The summed E-state index contributed by atoms with van der Waals surface area (Å²) in [5.74, 6) is 0.819. The molecule has 0 amide bonds. The van der Waals surface area contributed by atoms with Crippen LogP contribution in [0.15, 0.2) is 24.3 Å². The number of rotatable bonds is 1. The highest BCUT2D eigenvalue weighted by atomic mass is 35.5. The molecule has 1 heterocycles. The van der Waals surface area contributed by atoms with E-state index in [0.717, 1.165) is 10.9 Å². The number of halogens is 1. The van der Waals surface area contributed by atoms with E-state index in [1.54, 1.807) is 0 Å². The zero-order chi connectivity index (χ0) is 9.97. The highest BCUT2D eigenvalue weighted by Gasteiger charge is 2.15. The van der Waals surface area contributed by atoms with E-state index in [1.807, 2.05) is 12.1 Å². The third-order valence-electron chi connectivity index (χ3n) is 2.85. The summed E-state index contributed by atoms with van der Waals surface area (Å²) in [4.78, 5) is 2.45. The molecule has 0 N–H and O–H groups in total. The molecular weight excluding hydrogens is 194 g/mol. The van der Waals surface area contributed by atoms with E-state index in [9.17, 15) is 0 Å². The molecule has 0 radical (unpaired) electrons. The van der Waals surface area contributed by atoms with Crippen LogP contribution in [0.4, 0.5) is 5.69 Å². The smallest absolute Gasteiger partial charge is 0.0407 e. The topological polar surface area (TPSA) is 3.24 Å². The molecule has 2 heteroatoms. The third kappa shape index (κ3) is 2.21. The minimum absolute atomic E-state index is 0.818. The molecule has 1 aromatic rings. The summed E-state index contributed by atoms with van der Waals surface area (Å²) in [6.45, 7) is 4.69. The maximum Gasteiger partial charge on any atom is 0.0407 e. The summed E-state index contributed by atoms with van der Waals surface area (Å²) in [5, 5.41) is 0.818. The van der Waals surface area contributed by atoms with Crippen molar-refractivity contribution in [2.24, 2.45) is 5.92 Å². The fraction of sp³-hybridized carbons (Fsp3) is 0.500. The highest BCUT2D eigenvalue weighted by Crippen LogP contribution is 2.23. The van der Waals surface area contributed by atoms with Crippen molar-refractivity contribution in [1.82, 2.24) is 0 Å². The second-order valence-electron chi connectivity index (χ2n) is 4.17. The molecule has 0 bridgehead atoms. The molecule has 0 saturated carbocycles. The van der Waals surface area contributed by atoms with E-state index < -0.39 is 0 Å². The quantitative estimate of drug-likeness (QED) is 0.684. The maximum atomic E-state index is 5.86. The van der Waals surface area contributed by atoms with Gasteiger partial charge in [-0.15, -0.1) is 0 Å². The molecular formula is C12H16ClN. The van der Waals surface area contributed by atoms with Crippen molar-refractivity contribution in [3.8, 4) is 0 Å². The Labute approximate surface area is 90.7 Å². The van der Waals surface area contributed by atoms with E-state index in [1.165, 1.54) is 31.6 Å². The van der Waals surface area contributed by atoms with Gasteiger partial charge in [-0.3, -0.25) is 0 Å². The number of hydrogen-bond donors (Lipinski definition) is 0. The normalized spacial score (nSPS) is 22.4. The standard InChI is InChI=1S/C12H16ClN/c1-10-3-2-8-14(9-10)12-6-4-11(13)5-7-12/h4-7,10H,2-3,8-9H2,1H3. The minimum atomic E-state index is 0.818. The molecule has 0 aromatic heterocycles. The number of piperidine rings is 1. The summed E-state index contributed by atoms with van der Waals surface area (Å²) in [6.07, 6.45) is 2.67. The average Bonchev–Trinajstić information content (AvgIpc) is 2.19. The fourth-order valence-corrected chi connectivity index (χ4v) is 2.20. The molecule has 1 nitrogen and oxygen atoms in total. The molecule has 1 aliphatic heterocycles. The monoisotopic (exact) mass is 209 g/mol. The van der Waals surface area contributed by atoms with Gasteiger partial charge in [0, 0.05) is 23.8 Å². The Balaban J connectivity index is 2.10. The third-order valence-corrected chi connectivity index (χ3v) is 3.10. The number of benzene rings is 1. The lowest BCUT2D eigenvalue weighted by molar-refractivity contribution is 0.447. The van der Waals surface area contributed by atoms with E-state index >= 15 is 0 Å². The molecule has 0 aliphatic carbocycles. The summed E-state index contributed by atoms with van der Waals surface area (Å²) >= 11 is 5.86. The minimum Gasteiger partial charge on any atom is -0.371 e. The summed E-state index contributed by atoms with van der Waals surface area (Å²) in [6, 6.07) is 8.16. The Hall–Kier alpha value is -0.690. The molecule has 1 aromatic carbocycles. The van der Waals surface area contributed by atoms with Crippen molar-refractivity contribution in [2.45, 2.75) is 19.8 Å². The number of hydrogen-bond acceptors (Lipinski definition) is 1. The number of nitrogens with zero attached hydrogens (tertiary/aromatic N) is 1. The van der Waals surface area contributed by atoms with E-state index in [0.29, 0.717) is 0 Å². The lowest BCUT2D eigenvalue weighted by Crippen LogP contribution is -2.34. The molecule has 2 rings (SSSR count). The van der Waals surface area contributed by atoms with Crippen molar-refractivity contribution in [2.75, 3.05) is 18.0 Å².